The Bertz CT molecular complexity index is 1250. The fraction of sp³-hybridized carbons (Fsp3) is 0.200. The first-order chi connectivity index (χ1) is 15.7. The summed E-state index contributed by atoms with van der Waals surface area (Å²) in [6, 6.07) is 19.8. The van der Waals surface area contributed by atoms with Gasteiger partial charge in [-0.05, 0) is 55.2 Å². The summed E-state index contributed by atoms with van der Waals surface area (Å²) in [5.41, 5.74) is 6.16. The summed E-state index contributed by atoms with van der Waals surface area (Å²) >= 11 is 5.95. The lowest BCUT2D eigenvalue weighted by atomic mass is 10.1. The average molecular weight is 484 g/mol. The fourth-order valence-electron chi connectivity index (χ4n) is 3.68. The van der Waals surface area contributed by atoms with Crippen LogP contribution in [0.1, 0.15) is 27.8 Å². The van der Waals surface area contributed by atoms with Gasteiger partial charge in [0.05, 0.1) is 17.7 Å². The van der Waals surface area contributed by atoms with Gasteiger partial charge in [-0.15, -0.1) is 0 Å². The number of rotatable bonds is 8. The summed E-state index contributed by atoms with van der Waals surface area (Å²) < 4.78 is 28.5. The molecule has 0 radical (unpaired) electrons. The molecule has 3 aromatic carbocycles. The SMILES string of the molecule is Cc1cc(C)c(S(=O)(=O)N(CC(=O)N/N=C\c2cccc(Cl)c2)Cc2ccccc2)c(C)c1. The molecular formula is C25H26ClN3O3S. The Labute approximate surface area is 200 Å². The zero-order valence-corrected chi connectivity index (χ0v) is 20.3. The Morgan fingerprint density at radius 1 is 1.00 bits per heavy atom. The van der Waals surface area contributed by atoms with Gasteiger partial charge < -0.3 is 0 Å². The van der Waals surface area contributed by atoms with Crippen molar-refractivity contribution in [2.45, 2.75) is 32.2 Å². The number of hydrogen-bond acceptors (Lipinski definition) is 4. The van der Waals surface area contributed by atoms with Crippen LogP contribution in [0, 0.1) is 20.8 Å². The van der Waals surface area contributed by atoms with Crippen molar-refractivity contribution in [3.05, 3.63) is 99.6 Å². The first kappa shape index (κ1) is 24.6. The van der Waals surface area contributed by atoms with Gasteiger partial charge in [-0.1, -0.05) is 71.8 Å². The summed E-state index contributed by atoms with van der Waals surface area (Å²) in [7, 11) is -3.95. The average Bonchev–Trinajstić information content (AvgIpc) is 2.73. The van der Waals surface area contributed by atoms with Gasteiger partial charge in [0.15, 0.2) is 0 Å². The topological polar surface area (TPSA) is 78.8 Å². The lowest BCUT2D eigenvalue weighted by Crippen LogP contribution is -2.39. The van der Waals surface area contributed by atoms with E-state index in [2.05, 4.69) is 10.5 Å². The molecule has 0 saturated carbocycles. The van der Waals surface area contributed by atoms with Crippen molar-refractivity contribution in [1.29, 1.82) is 0 Å². The maximum atomic E-state index is 13.7. The van der Waals surface area contributed by atoms with Crippen molar-refractivity contribution in [2.24, 2.45) is 5.10 Å². The van der Waals surface area contributed by atoms with E-state index in [1.54, 1.807) is 38.1 Å². The molecule has 1 N–H and O–H groups in total. The predicted octanol–water partition coefficient (Wildman–Crippen LogP) is 4.61. The van der Waals surface area contributed by atoms with Crippen LogP contribution in [0.3, 0.4) is 0 Å². The van der Waals surface area contributed by atoms with E-state index >= 15 is 0 Å². The molecule has 0 aliphatic heterocycles. The van der Waals surface area contributed by atoms with Gasteiger partial charge in [0.25, 0.3) is 5.91 Å². The quantitative estimate of drug-likeness (QED) is 0.375. The molecule has 0 aromatic heterocycles. The molecule has 0 atom stereocenters. The highest BCUT2D eigenvalue weighted by atomic mass is 35.5. The second-order valence-corrected chi connectivity index (χ2v) is 10.1. The number of hydrazone groups is 1. The number of carbonyl (C=O) groups excluding carboxylic acids is 1. The number of nitrogens with one attached hydrogen (secondary N) is 1. The Morgan fingerprint density at radius 3 is 2.30 bits per heavy atom. The van der Waals surface area contributed by atoms with E-state index in [0.29, 0.717) is 21.7 Å². The molecule has 1 amide bonds. The molecule has 3 aromatic rings. The van der Waals surface area contributed by atoms with E-state index in [4.69, 9.17) is 11.6 Å². The van der Waals surface area contributed by atoms with Gasteiger partial charge in [0, 0.05) is 11.6 Å². The molecule has 0 unspecified atom stereocenters. The highest BCUT2D eigenvalue weighted by Crippen LogP contribution is 2.26. The molecule has 8 heteroatoms. The van der Waals surface area contributed by atoms with Crippen molar-refractivity contribution >= 4 is 33.7 Å². The van der Waals surface area contributed by atoms with E-state index in [0.717, 1.165) is 11.1 Å². The zero-order valence-electron chi connectivity index (χ0n) is 18.7. The summed E-state index contributed by atoms with van der Waals surface area (Å²) in [5, 5.41) is 4.49. The third-order valence-electron chi connectivity index (χ3n) is 4.98. The molecule has 33 heavy (non-hydrogen) atoms. The minimum atomic E-state index is -3.95. The summed E-state index contributed by atoms with van der Waals surface area (Å²) in [6.07, 6.45) is 1.45. The molecule has 0 bridgehead atoms. The molecule has 0 spiro atoms. The highest BCUT2D eigenvalue weighted by molar-refractivity contribution is 7.89. The smallest absolute Gasteiger partial charge is 0.255 e. The van der Waals surface area contributed by atoms with Crippen molar-refractivity contribution in [1.82, 2.24) is 9.73 Å². The van der Waals surface area contributed by atoms with Crippen molar-refractivity contribution in [3.8, 4) is 0 Å². The highest BCUT2D eigenvalue weighted by Gasteiger charge is 2.29. The molecule has 0 saturated heterocycles. The second kappa shape index (κ2) is 10.7. The number of halogens is 1. The van der Waals surface area contributed by atoms with Gasteiger partial charge in [-0.2, -0.15) is 9.41 Å². The lowest BCUT2D eigenvalue weighted by molar-refractivity contribution is -0.121. The van der Waals surface area contributed by atoms with E-state index in [-0.39, 0.29) is 18.0 Å². The molecule has 6 nitrogen and oxygen atoms in total. The van der Waals surface area contributed by atoms with Crippen LogP contribution in [0.2, 0.25) is 5.02 Å². The summed E-state index contributed by atoms with van der Waals surface area (Å²) in [6.45, 7) is 5.13. The normalized spacial score (nSPS) is 11.8. The number of carbonyl (C=O) groups is 1. The predicted molar refractivity (Wildman–Crippen MR) is 132 cm³/mol. The molecular weight excluding hydrogens is 458 g/mol. The Morgan fingerprint density at radius 2 is 1.67 bits per heavy atom. The third kappa shape index (κ3) is 6.51. The number of benzene rings is 3. The first-order valence-electron chi connectivity index (χ1n) is 10.4. The van der Waals surface area contributed by atoms with Crippen LogP contribution >= 0.6 is 11.6 Å². The van der Waals surface area contributed by atoms with Crippen molar-refractivity contribution in [3.63, 3.8) is 0 Å². The lowest BCUT2D eigenvalue weighted by Gasteiger charge is -2.24. The van der Waals surface area contributed by atoms with Crippen LogP contribution in [-0.4, -0.2) is 31.4 Å². The summed E-state index contributed by atoms with van der Waals surface area (Å²) in [4.78, 5) is 12.9. The number of hydrogen-bond donors (Lipinski definition) is 1. The van der Waals surface area contributed by atoms with Gasteiger partial charge >= 0.3 is 0 Å². The molecule has 0 heterocycles. The van der Waals surface area contributed by atoms with Crippen LogP contribution < -0.4 is 5.43 Å². The third-order valence-corrected chi connectivity index (χ3v) is 7.31. The first-order valence-corrected chi connectivity index (χ1v) is 12.2. The van der Waals surface area contributed by atoms with Crippen molar-refractivity contribution in [2.75, 3.05) is 6.54 Å². The molecule has 0 fully saturated rings. The minimum absolute atomic E-state index is 0.0569. The van der Waals surface area contributed by atoms with Gasteiger partial charge in [-0.25, -0.2) is 13.8 Å². The number of amides is 1. The fourth-order valence-corrected chi connectivity index (χ4v) is 5.67. The number of aryl methyl sites for hydroxylation is 3. The molecule has 172 valence electrons. The van der Waals surface area contributed by atoms with E-state index in [1.807, 2.05) is 49.4 Å². The molecule has 3 rings (SSSR count). The van der Waals surface area contributed by atoms with Gasteiger partial charge in [-0.3, -0.25) is 4.79 Å². The van der Waals surface area contributed by atoms with Gasteiger partial charge in [0.1, 0.15) is 0 Å². The Balaban J connectivity index is 1.86. The number of sulfonamides is 1. The molecule has 0 aliphatic carbocycles. The maximum Gasteiger partial charge on any atom is 0.255 e. The molecule has 0 aliphatic rings. The second-order valence-electron chi connectivity index (χ2n) is 7.83. The monoisotopic (exact) mass is 483 g/mol. The standard InChI is InChI=1S/C25H26ClN3O3S/c1-18-12-19(2)25(20(3)13-18)33(31,32)29(16-21-8-5-4-6-9-21)17-24(30)28-27-15-22-10-7-11-23(26)14-22/h4-15H,16-17H2,1-3H3,(H,28,30)/b27-15-. The zero-order chi connectivity index (χ0) is 24.0. The number of nitrogens with zero attached hydrogens (tertiary/aromatic N) is 2. The minimum Gasteiger partial charge on any atom is -0.272 e. The van der Waals surface area contributed by atoms with Crippen LogP contribution in [0.5, 0.6) is 0 Å². The van der Waals surface area contributed by atoms with Gasteiger partial charge in [0.2, 0.25) is 10.0 Å². The van der Waals surface area contributed by atoms with E-state index < -0.39 is 15.9 Å². The van der Waals surface area contributed by atoms with Crippen LogP contribution in [-0.2, 0) is 21.4 Å². The van der Waals surface area contributed by atoms with Crippen LogP contribution in [0.25, 0.3) is 0 Å². The van der Waals surface area contributed by atoms with Crippen molar-refractivity contribution < 1.29 is 13.2 Å². The largest absolute Gasteiger partial charge is 0.272 e. The Hall–Kier alpha value is -3.00. The van der Waals surface area contributed by atoms with Crippen LogP contribution in [0.15, 0.2) is 76.7 Å². The van der Waals surface area contributed by atoms with Crippen LogP contribution in [0.4, 0.5) is 0 Å². The van der Waals surface area contributed by atoms with E-state index in [1.165, 1.54) is 10.5 Å². The Kier molecular flexibility index (Phi) is 8.02. The maximum absolute atomic E-state index is 13.7. The van der Waals surface area contributed by atoms with E-state index in [9.17, 15) is 13.2 Å². The summed E-state index contributed by atoms with van der Waals surface area (Å²) in [5.74, 6) is -0.546.